The molecule has 0 aromatic rings. The summed E-state index contributed by atoms with van der Waals surface area (Å²) in [5.74, 6) is -1.46. The van der Waals surface area contributed by atoms with Gasteiger partial charge in [0, 0.05) is 25.7 Å². The van der Waals surface area contributed by atoms with E-state index in [0.717, 1.165) is 103 Å². The van der Waals surface area contributed by atoms with Crippen LogP contribution in [0.25, 0.3) is 0 Å². The number of phosphoric ester groups is 2. The third-order valence-corrected chi connectivity index (χ3v) is 14.7. The van der Waals surface area contributed by atoms with E-state index < -0.39 is 97.5 Å². The number of unbranched alkanes of at least 4 members (excludes halogenated alkanes) is 28. The molecule has 0 heterocycles. The summed E-state index contributed by atoms with van der Waals surface area (Å²) < 4.78 is 67.2. The van der Waals surface area contributed by atoms with Gasteiger partial charge < -0.3 is 33.8 Å². The third-order valence-electron chi connectivity index (χ3n) is 12.8. The number of carbonyl (C=O) groups is 4. The normalized spacial score (nSPS) is 14.5. The van der Waals surface area contributed by atoms with Gasteiger partial charge in [-0.05, 0) is 31.6 Å². The maximum Gasteiger partial charge on any atom is 0.472 e. The van der Waals surface area contributed by atoms with Gasteiger partial charge in [-0.2, -0.15) is 0 Å². The topological polar surface area (TPSA) is 237 Å². The number of ether oxygens (including phenoxy) is 4. The Morgan fingerprint density at radius 2 is 0.613 bits per heavy atom. The fourth-order valence-corrected chi connectivity index (χ4v) is 9.75. The number of aliphatic hydroxyl groups is 1. The van der Waals surface area contributed by atoms with Gasteiger partial charge in [-0.1, -0.05) is 221 Å². The van der Waals surface area contributed by atoms with E-state index in [-0.39, 0.29) is 25.7 Å². The van der Waals surface area contributed by atoms with Crippen LogP contribution in [0.3, 0.4) is 0 Å². The summed E-state index contributed by atoms with van der Waals surface area (Å²) >= 11 is 0. The molecule has 0 bridgehead atoms. The van der Waals surface area contributed by atoms with Gasteiger partial charge in [-0.25, -0.2) is 9.13 Å². The maximum atomic E-state index is 12.9. The maximum absolute atomic E-state index is 12.9. The van der Waals surface area contributed by atoms with Gasteiger partial charge in [0.15, 0.2) is 12.2 Å². The zero-order valence-electron chi connectivity index (χ0n) is 47.7. The average Bonchev–Trinajstić information content (AvgIpc) is 3.37. The van der Waals surface area contributed by atoms with Crippen LogP contribution in [0, 0.1) is 5.92 Å². The SMILES string of the molecule is CCCCCCCCCCCCCCCCCC(=O)O[C@H](COC(=O)CCCCCCCCCC(C)C)COP(=O)(O)OC[C@@H](O)COP(=O)(O)OC[C@@H](COC(=O)CCCCCCC)OC(=O)CCCCCCC. The lowest BCUT2D eigenvalue weighted by Gasteiger charge is -2.21. The zero-order valence-corrected chi connectivity index (χ0v) is 49.5. The summed E-state index contributed by atoms with van der Waals surface area (Å²) in [6, 6.07) is 0. The van der Waals surface area contributed by atoms with Crippen molar-refractivity contribution < 1.29 is 80.2 Å². The quantitative estimate of drug-likeness (QED) is 0.0222. The van der Waals surface area contributed by atoms with E-state index in [9.17, 15) is 43.2 Å². The molecule has 75 heavy (non-hydrogen) atoms. The largest absolute Gasteiger partial charge is 0.472 e. The lowest BCUT2D eigenvalue weighted by atomic mass is 10.0. The van der Waals surface area contributed by atoms with Gasteiger partial charge in [0.2, 0.25) is 0 Å². The molecule has 444 valence electrons. The minimum Gasteiger partial charge on any atom is -0.462 e. The molecule has 19 heteroatoms. The number of esters is 4. The van der Waals surface area contributed by atoms with Crippen LogP contribution in [0.4, 0.5) is 0 Å². The molecule has 2 unspecified atom stereocenters. The third kappa shape index (κ3) is 51.3. The molecule has 5 atom stereocenters. The molecule has 17 nitrogen and oxygen atoms in total. The molecule has 0 aromatic heterocycles. The number of phosphoric acid groups is 2. The van der Waals surface area contributed by atoms with Gasteiger partial charge in [-0.3, -0.25) is 37.3 Å². The molecule has 0 fully saturated rings. The highest BCUT2D eigenvalue weighted by Gasteiger charge is 2.30. The van der Waals surface area contributed by atoms with Gasteiger partial charge >= 0.3 is 39.5 Å². The molecule has 0 spiro atoms. The minimum atomic E-state index is -4.93. The zero-order chi connectivity index (χ0) is 55.7. The summed E-state index contributed by atoms with van der Waals surface area (Å²) in [4.78, 5) is 71.3. The van der Waals surface area contributed by atoms with Crippen molar-refractivity contribution in [2.75, 3.05) is 39.6 Å². The van der Waals surface area contributed by atoms with Gasteiger partial charge in [0.1, 0.15) is 19.3 Å². The Morgan fingerprint density at radius 3 is 0.907 bits per heavy atom. The summed E-state index contributed by atoms with van der Waals surface area (Å²) in [5, 5.41) is 10.4. The molecule has 0 radical (unpaired) electrons. The summed E-state index contributed by atoms with van der Waals surface area (Å²) in [5.41, 5.74) is 0. The predicted molar refractivity (Wildman–Crippen MR) is 294 cm³/mol. The van der Waals surface area contributed by atoms with Crippen molar-refractivity contribution in [1.82, 2.24) is 0 Å². The van der Waals surface area contributed by atoms with E-state index in [2.05, 4.69) is 34.6 Å². The smallest absolute Gasteiger partial charge is 0.462 e. The molecule has 0 amide bonds. The molecule has 0 saturated heterocycles. The Hall–Kier alpha value is -1.94. The minimum absolute atomic E-state index is 0.0986. The van der Waals surface area contributed by atoms with Crippen molar-refractivity contribution in [3.05, 3.63) is 0 Å². The van der Waals surface area contributed by atoms with Crippen molar-refractivity contribution in [2.45, 2.75) is 291 Å². The van der Waals surface area contributed by atoms with Crippen molar-refractivity contribution in [3.8, 4) is 0 Å². The standard InChI is InChI=1S/C56H108O17P2/c1-6-9-12-15-16-17-18-19-20-21-22-23-26-32-37-42-56(61)73-52(46-67-54(59)40-35-31-27-24-25-30-33-38-49(4)5)48-71-75(64,65)69-44-50(57)43-68-74(62,63)70-47-51(72-55(60)41-36-29-14-11-8-3)45-66-53(58)39-34-28-13-10-7-2/h49-52,57H,6-48H2,1-5H3,(H,62,63)(H,64,65)/t50-,51+,52+/m0/s1. The van der Waals surface area contributed by atoms with E-state index in [1.807, 2.05) is 0 Å². The van der Waals surface area contributed by atoms with Crippen molar-refractivity contribution in [1.29, 1.82) is 0 Å². The Labute approximate surface area is 454 Å². The fraction of sp³-hybridized carbons (Fsp3) is 0.929. The highest BCUT2D eigenvalue weighted by molar-refractivity contribution is 7.47. The molecule has 0 aromatic carbocycles. The van der Waals surface area contributed by atoms with Gasteiger partial charge in [-0.15, -0.1) is 0 Å². The first-order valence-corrected chi connectivity index (χ1v) is 32.6. The van der Waals surface area contributed by atoms with E-state index >= 15 is 0 Å². The second kappa shape index (κ2) is 50.3. The number of hydrogen-bond acceptors (Lipinski definition) is 15. The fourth-order valence-electron chi connectivity index (χ4n) is 8.17. The highest BCUT2D eigenvalue weighted by atomic mass is 31.2. The van der Waals surface area contributed by atoms with Crippen LogP contribution in [-0.2, 0) is 65.4 Å². The Balaban J connectivity index is 5.12. The summed E-state index contributed by atoms with van der Waals surface area (Å²) in [6.45, 7) is 6.89. The monoisotopic (exact) mass is 1110 g/mol. The van der Waals surface area contributed by atoms with Crippen molar-refractivity contribution in [2.24, 2.45) is 5.92 Å². The van der Waals surface area contributed by atoms with Crippen LogP contribution in [-0.4, -0.2) is 96.7 Å². The number of rotatable bonds is 56. The van der Waals surface area contributed by atoms with Crippen LogP contribution >= 0.6 is 15.6 Å². The Kier molecular flexibility index (Phi) is 49.0. The Morgan fingerprint density at radius 1 is 0.360 bits per heavy atom. The first-order valence-electron chi connectivity index (χ1n) is 29.6. The summed E-state index contributed by atoms with van der Waals surface area (Å²) in [6.07, 6.45) is 31.6. The van der Waals surface area contributed by atoms with Crippen molar-refractivity contribution >= 4 is 39.5 Å². The molecule has 0 aliphatic rings. The van der Waals surface area contributed by atoms with Crippen LogP contribution < -0.4 is 0 Å². The van der Waals surface area contributed by atoms with Crippen LogP contribution in [0.1, 0.15) is 272 Å². The lowest BCUT2D eigenvalue weighted by molar-refractivity contribution is -0.161. The van der Waals surface area contributed by atoms with Crippen LogP contribution in [0.15, 0.2) is 0 Å². The first kappa shape index (κ1) is 73.1. The van der Waals surface area contributed by atoms with Gasteiger partial charge in [0.25, 0.3) is 0 Å². The summed E-state index contributed by atoms with van der Waals surface area (Å²) in [7, 11) is -9.85. The van der Waals surface area contributed by atoms with E-state index in [0.29, 0.717) is 31.6 Å². The second-order valence-corrected chi connectivity index (χ2v) is 23.7. The average molecular weight is 1120 g/mol. The number of carbonyl (C=O) groups excluding carboxylic acids is 4. The van der Waals surface area contributed by atoms with Crippen LogP contribution in [0.5, 0.6) is 0 Å². The van der Waals surface area contributed by atoms with E-state index in [1.54, 1.807) is 0 Å². The molecular formula is C56H108O17P2. The molecule has 0 rings (SSSR count). The number of aliphatic hydroxyl groups excluding tert-OH is 1. The predicted octanol–water partition coefficient (Wildman–Crippen LogP) is 14.7. The highest BCUT2D eigenvalue weighted by Crippen LogP contribution is 2.45. The molecule has 0 aliphatic heterocycles. The molecular weight excluding hydrogens is 1010 g/mol. The first-order chi connectivity index (χ1) is 36.0. The molecule has 0 saturated carbocycles. The number of hydrogen-bond donors (Lipinski definition) is 3. The van der Waals surface area contributed by atoms with E-state index in [4.69, 9.17) is 37.0 Å². The van der Waals surface area contributed by atoms with E-state index in [1.165, 1.54) is 83.5 Å². The lowest BCUT2D eigenvalue weighted by Crippen LogP contribution is -2.30. The Bertz CT molecular complexity index is 1480. The van der Waals surface area contributed by atoms with Crippen LogP contribution in [0.2, 0.25) is 0 Å². The molecule has 0 aliphatic carbocycles. The van der Waals surface area contributed by atoms with Gasteiger partial charge in [0.05, 0.1) is 26.4 Å². The molecule has 3 N–H and O–H groups in total. The second-order valence-electron chi connectivity index (χ2n) is 20.8. The van der Waals surface area contributed by atoms with Crippen molar-refractivity contribution in [3.63, 3.8) is 0 Å².